The Kier molecular flexibility index (Phi) is 55.0. The summed E-state index contributed by atoms with van der Waals surface area (Å²) in [6, 6.07) is 0. The highest BCUT2D eigenvalue weighted by molar-refractivity contribution is 7.47. The average Bonchev–Trinajstić information content (AvgIpc) is 3.43. The zero-order valence-electron chi connectivity index (χ0n) is 48.6. The summed E-state index contributed by atoms with van der Waals surface area (Å²) in [5.41, 5.74) is 0. The Morgan fingerprint density at radius 3 is 0.987 bits per heavy atom. The summed E-state index contributed by atoms with van der Waals surface area (Å²) in [5, 5.41) is 9.82. The molecule has 0 amide bonds. The fraction of sp³-hybridized carbons (Fsp3) is 0.591. The van der Waals surface area contributed by atoms with Crippen molar-refractivity contribution in [1.29, 1.82) is 0 Å². The molecular formula is C66H105O11P. The lowest BCUT2D eigenvalue weighted by Gasteiger charge is -2.21. The summed E-state index contributed by atoms with van der Waals surface area (Å²) in [6.45, 7) is 4.19. The third-order valence-electron chi connectivity index (χ3n) is 11.7. The van der Waals surface area contributed by atoms with Gasteiger partial charge in [-0.05, 0) is 135 Å². The molecule has 0 bridgehead atoms. The minimum atomic E-state index is -4.78. The predicted molar refractivity (Wildman–Crippen MR) is 325 cm³/mol. The molecule has 0 aliphatic carbocycles. The van der Waals surface area contributed by atoms with E-state index in [2.05, 4.69) is 167 Å². The van der Waals surface area contributed by atoms with Gasteiger partial charge in [0.25, 0.3) is 0 Å². The van der Waals surface area contributed by atoms with Crippen LogP contribution in [0.2, 0.25) is 0 Å². The Balaban J connectivity index is 4.86. The molecule has 2 N–H and O–H groups in total. The van der Waals surface area contributed by atoms with E-state index in [0.717, 1.165) is 154 Å². The highest BCUT2D eigenvalue weighted by Crippen LogP contribution is 2.43. The van der Waals surface area contributed by atoms with Crippen LogP contribution in [0, 0.1) is 0 Å². The van der Waals surface area contributed by atoms with Crippen LogP contribution in [-0.2, 0) is 42.2 Å². The van der Waals surface area contributed by atoms with Gasteiger partial charge in [-0.25, -0.2) is 4.57 Å². The smallest absolute Gasteiger partial charge is 0.462 e. The second kappa shape index (κ2) is 58.5. The lowest BCUT2D eigenvalue weighted by molar-refractivity contribution is -0.161. The topological polar surface area (TPSA) is 155 Å². The highest BCUT2D eigenvalue weighted by atomic mass is 31.2. The minimum Gasteiger partial charge on any atom is -0.462 e. The third kappa shape index (κ3) is 56.1. The summed E-state index contributed by atoms with van der Waals surface area (Å²) in [5.74, 6) is -1.57. The van der Waals surface area contributed by atoms with Gasteiger partial charge in [-0.1, -0.05) is 205 Å². The van der Waals surface area contributed by atoms with Crippen molar-refractivity contribution in [1.82, 2.24) is 0 Å². The second-order valence-electron chi connectivity index (χ2n) is 19.0. The average molecular weight is 1110 g/mol. The van der Waals surface area contributed by atoms with E-state index in [-0.39, 0.29) is 25.9 Å². The molecule has 0 spiro atoms. The minimum absolute atomic E-state index is 0.114. The van der Waals surface area contributed by atoms with Crippen molar-refractivity contribution in [3.63, 3.8) is 0 Å². The Labute approximate surface area is 473 Å². The number of ether oxygens (including phenoxy) is 3. The number of esters is 3. The van der Waals surface area contributed by atoms with Gasteiger partial charge in [0.15, 0.2) is 6.10 Å². The number of phosphoric ester groups is 1. The van der Waals surface area contributed by atoms with E-state index in [0.29, 0.717) is 19.3 Å². The van der Waals surface area contributed by atoms with Crippen LogP contribution in [0.1, 0.15) is 213 Å². The van der Waals surface area contributed by atoms with Crippen molar-refractivity contribution in [2.24, 2.45) is 0 Å². The van der Waals surface area contributed by atoms with Crippen molar-refractivity contribution >= 4 is 25.7 Å². The molecule has 0 heterocycles. The number of rotatable bonds is 53. The van der Waals surface area contributed by atoms with Crippen molar-refractivity contribution in [3.05, 3.63) is 146 Å². The van der Waals surface area contributed by atoms with Crippen molar-refractivity contribution in [3.8, 4) is 0 Å². The zero-order valence-corrected chi connectivity index (χ0v) is 49.5. The first-order valence-electron chi connectivity index (χ1n) is 29.7. The van der Waals surface area contributed by atoms with Gasteiger partial charge in [0.1, 0.15) is 12.7 Å². The fourth-order valence-corrected chi connectivity index (χ4v) is 8.11. The van der Waals surface area contributed by atoms with E-state index in [4.69, 9.17) is 23.3 Å². The number of hydrogen-bond donors (Lipinski definition) is 2. The van der Waals surface area contributed by atoms with Crippen LogP contribution in [-0.4, -0.2) is 66.5 Å². The maximum Gasteiger partial charge on any atom is 0.472 e. The molecule has 0 fully saturated rings. The van der Waals surface area contributed by atoms with E-state index in [9.17, 15) is 28.9 Å². The molecule has 440 valence electrons. The molecule has 0 aliphatic rings. The van der Waals surface area contributed by atoms with Gasteiger partial charge >= 0.3 is 25.7 Å². The lowest BCUT2D eigenvalue weighted by Crippen LogP contribution is -2.30. The molecule has 0 saturated carbocycles. The molecule has 3 unspecified atom stereocenters. The zero-order chi connectivity index (χ0) is 56.9. The molecule has 0 radical (unpaired) electrons. The Morgan fingerprint density at radius 2 is 0.628 bits per heavy atom. The van der Waals surface area contributed by atoms with E-state index in [1.165, 1.54) is 0 Å². The van der Waals surface area contributed by atoms with Gasteiger partial charge in [0.05, 0.1) is 19.8 Å². The standard InChI is InChI=1S/C66H105O11P/c1-4-7-10-13-16-19-22-25-28-30-31-33-36-39-42-45-48-51-54-57-66(70)77-63(59-73-64(68)55-52-49-46-43-40-37-35-32-29-26-23-20-17-14-11-8-5-2)61-75-78(71,72)74-60-62(58-67)76-65(69)56-53-50-47-44-41-38-34-27-24-21-18-15-12-9-6-3/h7-12,16-21,25-29,31,33-35,37,41,44,62-63,67H,4-6,13-15,22-24,30,32,36,38-40,42-43,45-61H2,1-3H3,(H,71,72)/b10-7-,11-8-,12-9-,19-16-,20-17-,21-18-,28-25-,29-26-,33-31-,34-27-,37-35-,44-41-. The van der Waals surface area contributed by atoms with Crippen LogP contribution in [0.15, 0.2) is 146 Å². The summed E-state index contributed by atoms with van der Waals surface area (Å²) < 4.78 is 39.5. The number of carbonyl (C=O) groups excluding carboxylic acids is 3. The summed E-state index contributed by atoms with van der Waals surface area (Å²) in [7, 11) is -4.78. The lowest BCUT2D eigenvalue weighted by atomic mass is 10.1. The summed E-state index contributed by atoms with van der Waals surface area (Å²) in [6.07, 6.45) is 75.2. The van der Waals surface area contributed by atoms with Crippen LogP contribution in [0.3, 0.4) is 0 Å². The second-order valence-corrected chi connectivity index (χ2v) is 20.5. The van der Waals surface area contributed by atoms with Crippen LogP contribution in [0.5, 0.6) is 0 Å². The molecule has 0 rings (SSSR count). The monoisotopic (exact) mass is 1100 g/mol. The van der Waals surface area contributed by atoms with Gasteiger partial charge in [-0.3, -0.25) is 23.4 Å². The van der Waals surface area contributed by atoms with Crippen LogP contribution < -0.4 is 0 Å². The van der Waals surface area contributed by atoms with Crippen molar-refractivity contribution < 1.29 is 52.2 Å². The Morgan fingerprint density at radius 1 is 0.359 bits per heavy atom. The predicted octanol–water partition coefficient (Wildman–Crippen LogP) is 17.9. The number of unbranched alkanes of at least 4 members (excludes halogenated alkanes) is 12. The molecule has 0 aromatic rings. The van der Waals surface area contributed by atoms with Crippen molar-refractivity contribution in [2.45, 2.75) is 226 Å². The van der Waals surface area contributed by atoms with Crippen LogP contribution in [0.4, 0.5) is 0 Å². The summed E-state index contributed by atoms with van der Waals surface area (Å²) >= 11 is 0. The van der Waals surface area contributed by atoms with Gasteiger partial charge < -0.3 is 24.2 Å². The first kappa shape index (κ1) is 73.4. The first-order chi connectivity index (χ1) is 38.2. The molecular weight excluding hydrogens is 1000 g/mol. The molecule has 0 aromatic carbocycles. The normalized spacial score (nSPS) is 14.4. The van der Waals surface area contributed by atoms with E-state index < -0.39 is 57.8 Å². The maximum absolute atomic E-state index is 12.9. The highest BCUT2D eigenvalue weighted by Gasteiger charge is 2.28. The van der Waals surface area contributed by atoms with E-state index in [1.54, 1.807) is 0 Å². The summed E-state index contributed by atoms with van der Waals surface area (Å²) in [4.78, 5) is 48.6. The van der Waals surface area contributed by atoms with Gasteiger partial charge in [0, 0.05) is 19.3 Å². The van der Waals surface area contributed by atoms with E-state index in [1.807, 2.05) is 0 Å². The molecule has 3 atom stereocenters. The largest absolute Gasteiger partial charge is 0.472 e. The number of allylic oxidation sites excluding steroid dienone is 24. The molecule has 11 nitrogen and oxygen atoms in total. The number of hydrogen-bond acceptors (Lipinski definition) is 10. The molecule has 0 aromatic heterocycles. The van der Waals surface area contributed by atoms with E-state index >= 15 is 0 Å². The maximum atomic E-state index is 12.9. The SMILES string of the molecule is CC/C=C\C/C=C\C/C=C\C/C=C\CCCCCCCCC(=O)OC(COC(=O)CCCCCC/C=C\C/C=C\C/C=C\C/C=C\CC)COP(=O)(O)OCC(CO)OC(=O)CCCC/C=C\C/C=C\C/C=C\C/C=C\CC. The third-order valence-corrected chi connectivity index (χ3v) is 12.7. The number of aliphatic hydroxyl groups excluding tert-OH is 1. The fourth-order valence-electron chi connectivity index (χ4n) is 7.33. The van der Waals surface area contributed by atoms with Gasteiger partial charge in [-0.2, -0.15) is 0 Å². The van der Waals surface area contributed by atoms with Gasteiger partial charge in [0.2, 0.25) is 0 Å². The quantitative estimate of drug-likeness (QED) is 0.0197. The molecule has 12 heteroatoms. The van der Waals surface area contributed by atoms with Crippen molar-refractivity contribution in [2.75, 3.05) is 26.4 Å². The molecule has 0 saturated heterocycles. The number of aliphatic hydroxyl groups is 1. The number of carbonyl (C=O) groups is 3. The van der Waals surface area contributed by atoms with Gasteiger partial charge in [-0.15, -0.1) is 0 Å². The Bertz CT molecular complexity index is 1860. The first-order valence-corrected chi connectivity index (χ1v) is 31.2. The Hall–Kier alpha value is -4.64. The van der Waals surface area contributed by atoms with Crippen LogP contribution in [0.25, 0.3) is 0 Å². The number of phosphoric acid groups is 1. The van der Waals surface area contributed by atoms with Crippen LogP contribution >= 0.6 is 7.82 Å². The molecule has 78 heavy (non-hydrogen) atoms. The molecule has 0 aliphatic heterocycles.